The first kappa shape index (κ1) is 23.1. The number of nitrogens with zero attached hydrogens (tertiary/aromatic N) is 3. The van der Waals surface area contributed by atoms with E-state index in [4.69, 9.17) is 4.74 Å². The van der Waals surface area contributed by atoms with Crippen LogP contribution in [0, 0.1) is 0 Å². The Balaban J connectivity index is 1.33. The fourth-order valence-corrected chi connectivity index (χ4v) is 4.75. The van der Waals surface area contributed by atoms with Crippen molar-refractivity contribution >= 4 is 11.9 Å². The maximum atomic E-state index is 12.8. The van der Waals surface area contributed by atoms with Crippen LogP contribution in [0.2, 0.25) is 0 Å². The molecule has 2 aromatic rings. The van der Waals surface area contributed by atoms with Gasteiger partial charge in [0, 0.05) is 26.7 Å². The quantitative estimate of drug-likeness (QED) is 0.502. The summed E-state index contributed by atoms with van der Waals surface area (Å²) in [5, 5.41) is 6.66. The molecule has 7 heteroatoms. The lowest BCUT2D eigenvalue weighted by Gasteiger charge is -2.30. The highest BCUT2D eigenvalue weighted by molar-refractivity contribution is 5.86. The number of amides is 1. The number of hydrogen-bond donors (Lipinski definition) is 2. The number of carbonyl (C=O) groups excluding carboxylic acids is 1. The molecular formula is C26H35N5O2. The third-order valence-corrected chi connectivity index (χ3v) is 6.64. The summed E-state index contributed by atoms with van der Waals surface area (Å²) < 4.78 is 5.44. The van der Waals surface area contributed by atoms with Gasteiger partial charge < -0.3 is 20.3 Å². The van der Waals surface area contributed by atoms with Gasteiger partial charge in [0.2, 0.25) is 5.91 Å². The average molecular weight is 450 g/mol. The van der Waals surface area contributed by atoms with Gasteiger partial charge >= 0.3 is 0 Å². The van der Waals surface area contributed by atoms with Crippen molar-refractivity contribution < 1.29 is 9.53 Å². The van der Waals surface area contributed by atoms with E-state index < -0.39 is 0 Å². The van der Waals surface area contributed by atoms with E-state index in [0.29, 0.717) is 19.0 Å². The molecule has 2 aromatic carbocycles. The highest BCUT2D eigenvalue weighted by atomic mass is 16.5. The molecule has 176 valence electrons. The van der Waals surface area contributed by atoms with Crippen LogP contribution in [0.15, 0.2) is 53.5 Å². The van der Waals surface area contributed by atoms with Gasteiger partial charge in [-0.25, -0.2) is 0 Å². The van der Waals surface area contributed by atoms with Crippen LogP contribution in [0.25, 0.3) is 0 Å². The summed E-state index contributed by atoms with van der Waals surface area (Å²) in [6, 6.07) is 16.9. The van der Waals surface area contributed by atoms with E-state index in [0.717, 1.165) is 31.8 Å². The Bertz CT molecular complexity index is 971. The number of carbonyl (C=O) groups is 1. The Kier molecular flexibility index (Phi) is 7.83. The van der Waals surface area contributed by atoms with E-state index in [2.05, 4.69) is 50.9 Å². The van der Waals surface area contributed by atoms with Crippen molar-refractivity contribution in [3.63, 3.8) is 0 Å². The fraction of sp³-hybridized carbons (Fsp3) is 0.462. The number of likely N-dealkylation sites (tertiary alicyclic amines) is 1. The molecule has 2 aliphatic rings. The van der Waals surface area contributed by atoms with Crippen LogP contribution in [0.5, 0.6) is 5.75 Å². The third-order valence-electron chi connectivity index (χ3n) is 6.64. The zero-order valence-corrected chi connectivity index (χ0v) is 19.7. The van der Waals surface area contributed by atoms with Crippen molar-refractivity contribution in [2.75, 3.05) is 46.9 Å². The van der Waals surface area contributed by atoms with E-state index in [1.807, 2.05) is 23.1 Å². The molecule has 1 saturated heterocycles. The van der Waals surface area contributed by atoms with E-state index in [9.17, 15) is 4.79 Å². The maximum absolute atomic E-state index is 12.8. The van der Waals surface area contributed by atoms with Crippen LogP contribution in [0.1, 0.15) is 35.6 Å². The molecule has 2 N–H and O–H groups in total. The minimum atomic E-state index is 0.0938. The zero-order valence-electron chi connectivity index (χ0n) is 19.7. The van der Waals surface area contributed by atoms with Gasteiger partial charge in [-0.15, -0.1) is 0 Å². The number of guanidine groups is 1. The van der Waals surface area contributed by atoms with Crippen molar-refractivity contribution in [3.8, 4) is 5.75 Å². The molecule has 4 rings (SSSR count). The highest BCUT2D eigenvalue weighted by Gasteiger charge is 2.25. The molecule has 1 atom stereocenters. The lowest BCUT2D eigenvalue weighted by atomic mass is 10.00. The molecule has 1 fully saturated rings. The molecule has 0 radical (unpaired) electrons. The van der Waals surface area contributed by atoms with E-state index in [-0.39, 0.29) is 18.5 Å². The third kappa shape index (κ3) is 5.85. The molecule has 1 amide bonds. The van der Waals surface area contributed by atoms with Crippen LogP contribution in [0.3, 0.4) is 0 Å². The van der Waals surface area contributed by atoms with Gasteiger partial charge in [-0.1, -0.05) is 36.4 Å². The summed E-state index contributed by atoms with van der Waals surface area (Å²) in [5.74, 6) is 1.61. The molecule has 1 unspecified atom stereocenters. The minimum Gasteiger partial charge on any atom is -0.497 e. The van der Waals surface area contributed by atoms with E-state index in [1.165, 1.54) is 29.5 Å². The molecule has 0 saturated carbocycles. The second-order valence-electron chi connectivity index (χ2n) is 8.68. The van der Waals surface area contributed by atoms with Gasteiger partial charge in [0.1, 0.15) is 5.75 Å². The number of ether oxygens (including phenoxy) is 1. The number of rotatable bonds is 7. The van der Waals surface area contributed by atoms with Crippen molar-refractivity contribution in [2.24, 2.45) is 4.99 Å². The fourth-order valence-electron chi connectivity index (χ4n) is 4.75. The van der Waals surface area contributed by atoms with Crippen molar-refractivity contribution in [3.05, 3.63) is 65.2 Å². The van der Waals surface area contributed by atoms with Crippen molar-refractivity contribution in [1.29, 1.82) is 0 Å². The predicted octanol–water partition coefficient (Wildman–Crippen LogP) is 2.58. The Labute approximate surface area is 196 Å². The molecule has 0 aliphatic carbocycles. The summed E-state index contributed by atoms with van der Waals surface area (Å²) in [6.07, 6.45) is 3.36. The number of methoxy groups -OCH3 is 1. The predicted molar refractivity (Wildman–Crippen MR) is 131 cm³/mol. The van der Waals surface area contributed by atoms with Gasteiger partial charge in [-0.3, -0.25) is 14.7 Å². The minimum absolute atomic E-state index is 0.0938. The maximum Gasteiger partial charge on any atom is 0.242 e. The summed E-state index contributed by atoms with van der Waals surface area (Å²) in [7, 11) is 3.44. The van der Waals surface area contributed by atoms with Crippen LogP contribution >= 0.6 is 0 Å². The van der Waals surface area contributed by atoms with Crippen molar-refractivity contribution in [1.82, 2.24) is 20.4 Å². The average Bonchev–Trinajstić information content (AvgIpc) is 3.40. The molecule has 0 bridgehead atoms. The monoisotopic (exact) mass is 449 g/mol. The topological polar surface area (TPSA) is 69.2 Å². The number of fused-ring (bicyclic) bond motifs is 1. The largest absolute Gasteiger partial charge is 0.497 e. The van der Waals surface area contributed by atoms with Crippen LogP contribution < -0.4 is 15.4 Å². The summed E-state index contributed by atoms with van der Waals surface area (Å²) >= 11 is 0. The summed E-state index contributed by atoms with van der Waals surface area (Å²) in [4.78, 5) is 21.6. The summed E-state index contributed by atoms with van der Waals surface area (Å²) in [6.45, 7) is 4.55. The molecular weight excluding hydrogens is 414 g/mol. The molecule has 33 heavy (non-hydrogen) atoms. The second kappa shape index (κ2) is 11.2. The molecule has 7 nitrogen and oxygen atoms in total. The Morgan fingerprint density at radius 2 is 1.85 bits per heavy atom. The lowest BCUT2D eigenvalue weighted by Crippen LogP contribution is -2.47. The van der Waals surface area contributed by atoms with Gasteiger partial charge in [-0.2, -0.15) is 0 Å². The molecule has 2 aliphatic heterocycles. The van der Waals surface area contributed by atoms with Gasteiger partial charge in [0.15, 0.2) is 5.96 Å². The van der Waals surface area contributed by atoms with Gasteiger partial charge in [-0.05, 0) is 61.2 Å². The number of hydrogen-bond acceptors (Lipinski definition) is 4. The molecule has 0 spiro atoms. The van der Waals surface area contributed by atoms with E-state index >= 15 is 0 Å². The lowest BCUT2D eigenvalue weighted by molar-refractivity contribution is -0.130. The standard InChI is InChI=1S/C26H35N5O2/c1-27-26(29-18-25(32)31-15-12-20-8-3-4-9-22(20)19-31)28-17-24(30-13-5-6-14-30)21-10-7-11-23(16-21)33-2/h3-4,7-11,16,24H,5-6,12-15,17-19H2,1-2H3,(H2,27,28,29). The van der Waals surface area contributed by atoms with Crippen LogP contribution in [-0.4, -0.2) is 68.5 Å². The van der Waals surface area contributed by atoms with Crippen molar-refractivity contribution in [2.45, 2.75) is 31.8 Å². The Morgan fingerprint density at radius 1 is 1.06 bits per heavy atom. The first-order chi connectivity index (χ1) is 16.2. The zero-order chi connectivity index (χ0) is 23.0. The van der Waals surface area contributed by atoms with Crippen LogP contribution in [-0.2, 0) is 17.8 Å². The Morgan fingerprint density at radius 3 is 2.61 bits per heavy atom. The SMILES string of the molecule is CN=C(NCC(=O)N1CCc2ccccc2C1)NCC(c1cccc(OC)c1)N1CCCC1. The normalized spacial score (nSPS) is 17.4. The number of benzene rings is 2. The second-order valence-corrected chi connectivity index (χ2v) is 8.68. The number of aliphatic imine (C=N–C) groups is 1. The van der Waals surface area contributed by atoms with Crippen LogP contribution in [0.4, 0.5) is 0 Å². The summed E-state index contributed by atoms with van der Waals surface area (Å²) in [5.41, 5.74) is 3.81. The van der Waals surface area contributed by atoms with E-state index in [1.54, 1.807) is 14.2 Å². The molecule has 2 heterocycles. The van der Waals surface area contributed by atoms with Gasteiger partial charge in [0.05, 0.1) is 19.7 Å². The Hall–Kier alpha value is -3.06. The first-order valence-corrected chi connectivity index (χ1v) is 11.8. The smallest absolute Gasteiger partial charge is 0.242 e. The highest BCUT2D eigenvalue weighted by Crippen LogP contribution is 2.27. The molecule has 0 aromatic heterocycles. The number of nitrogens with one attached hydrogen (secondary N) is 2. The van der Waals surface area contributed by atoms with Gasteiger partial charge in [0.25, 0.3) is 0 Å². The first-order valence-electron chi connectivity index (χ1n) is 11.8.